The second-order valence-corrected chi connectivity index (χ2v) is 50.1. The number of aryl methyl sites for hydroxylation is 2. The maximum absolute atomic E-state index is 2.65. The van der Waals surface area contributed by atoms with Gasteiger partial charge in [-0.05, 0) is 0 Å². The molecular weight excluding hydrogens is 830 g/mol. The summed E-state index contributed by atoms with van der Waals surface area (Å²) in [4.78, 5) is 18.7. The molecule has 0 unspecified atom stereocenters. The molecule has 0 saturated heterocycles. The molecular formula is C44H80S2Sn2. The van der Waals surface area contributed by atoms with E-state index in [9.17, 15) is 0 Å². The predicted molar refractivity (Wildman–Crippen MR) is 233 cm³/mol. The second kappa shape index (κ2) is 26.5. The molecule has 0 amide bonds. The van der Waals surface area contributed by atoms with Crippen molar-refractivity contribution in [1.82, 2.24) is 0 Å². The van der Waals surface area contributed by atoms with E-state index in [1.807, 2.05) is 0 Å². The zero-order valence-electron chi connectivity index (χ0n) is 33.5. The summed E-state index contributed by atoms with van der Waals surface area (Å²) in [5.41, 5.74) is 3.30. The number of thiophene rings is 2. The minimum atomic E-state index is -2.10. The first kappa shape index (κ1) is 44.9. The van der Waals surface area contributed by atoms with Gasteiger partial charge in [0.2, 0.25) is 0 Å². The summed E-state index contributed by atoms with van der Waals surface area (Å²) in [6.07, 6.45) is 41.9. The van der Waals surface area contributed by atoms with Crippen molar-refractivity contribution in [2.24, 2.45) is 0 Å². The van der Waals surface area contributed by atoms with E-state index in [0.29, 0.717) is 0 Å². The van der Waals surface area contributed by atoms with Gasteiger partial charge in [-0.2, -0.15) is 0 Å². The van der Waals surface area contributed by atoms with Crippen LogP contribution in [-0.4, -0.2) is 36.8 Å². The number of unbranched alkanes of at least 4 members (excludes halogenated alkanes) is 22. The van der Waals surface area contributed by atoms with Gasteiger partial charge < -0.3 is 0 Å². The van der Waals surface area contributed by atoms with Gasteiger partial charge in [0.1, 0.15) is 0 Å². The van der Waals surface area contributed by atoms with Crippen molar-refractivity contribution < 1.29 is 0 Å². The second-order valence-electron chi connectivity index (χ2n) is 17.1. The fourth-order valence-corrected chi connectivity index (χ4v) is 19.7. The van der Waals surface area contributed by atoms with E-state index in [0.717, 1.165) is 0 Å². The van der Waals surface area contributed by atoms with E-state index in [-0.39, 0.29) is 0 Å². The zero-order valence-corrected chi connectivity index (χ0v) is 40.9. The Balaban J connectivity index is 1.88. The number of rotatable bonds is 30. The van der Waals surface area contributed by atoms with Gasteiger partial charge >= 0.3 is 256 Å². The molecule has 2 heterocycles. The molecule has 2 aromatic heterocycles. The monoisotopic (exact) mass is 912 g/mol. The Morgan fingerprint density at radius 1 is 0.396 bits per heavy atom. The van der Waals surface area contributed by atoms with Gasteiger partial charge in [-0.1, -0.05) is 65.2 Å². The molecule has 0 aliphatic rings. The van der Waals surface area contributed by atoms with Gasteiger partial charge in [-0.25, -0.2) is 0 Å². The molecule has 2 aromatic rings. The molecule has 0 bridgehead atoms. The molecule has 0 spiro atoms. The van der Waals surface area contributed by atoms with Crippen molar-refractivity contribution in [2.75, 3.05) is 0 Å². The third-order valence-electron chi connectivity index (χ3n) is 10.1. The molecule has 0 atom stereocenters. The topological polar surface area (TPSA) is 0 Å². The van der Waals surface area contributed by atoms with Crippen LogP contribution in [0.1, 0.15) is 189 Å². The molecule has 0 aromatic carbocycles. The average Bonchev–Trinajstić information content (AvgIpc) is 3.65. The predicted octanol–water partition coefficient (Wildman–Crippen LogP) is 15.6. The minimum Gasteiger partial charge on any atom is -0.0654 e. The van der Waals surface area contributed by atoms with Crippen molar-refractivity contribution in [3.05, 3.63) is 33.0 Å². The van der Waals surface area contributed by atoms with Crippen LogP contribution >= 0.6 is 22.7 Å². The summed E-state index contributed by atoms with van der Waals surface area (Å²) in [5.74, 6) is 0. The normalized spacial score (nSPS) is 12.6. The third-order valence-corrected chi connectivity index (χ3v) is 31.3. The van der Waals surface area contributed by atoms with Crippen LogP contribution in [0.4, 0.5) is 0 Å². The molecule has 48 heavy (non-hydrogen) atoms. The van der Waals surface area contributed by atoms with Crippen molar-refractivity contribution >= 4 is 77.4 Å². The van der Waals surface area contributed by atoms with Crippen molar-refractivity contribution in [1.29, 1.82) is 0 Å². The summed E-state index contributed by atoms with van der Waals surface area (Å²) in [6, 6.07) is 5.30. The maximum atomic E-state index is 2.65. The molecule has 2 rings (SSSR count). The van der Waals surface area contributed by atoms with E-state index in [4.69, 9.17) is 0 Å². The van der Waals surface area contributed by atoms with Crippen molar-refractivity contribution in [2.45, 2.75) is 210 Å². The van der Waals surface area contributed by atoms with Gasteiger partial charge in [-0.15, -0.1) is 0 Å². The first-order valence-electron chi connectivity index (χ1n) is 21.0. The molecule has 0 radical (unpaired) electrons. The van der Waals surface area contributed by atoms with Crippen LogP contribution in [0.15, 0.2) is 12.1 Å². The number of hydrogen-bond acceptors (Lipinski definition) is 2. The summed E-state index contributed by atoms with van der Waals surface area (Å²) < 4.78 is 3.51. The van der Waals surface area contributed by atoms with Crippen LogP contribution in [0.2, 0.25) is 29.6 Å². The SMILES string of the molecule is CCCCCCCCCCCCCCc1c[c]([Sn]([CH3])([CH3])[CH3])sc1/C=C/c1s[c]([Sn]([CH3])([CH3])[CH3])cc1CCCCCCCCCCCCCC. The molecule has 0 aliphatic heterocycles. The van der Waals surface area contributed by atoms with Gasteiger partial charge in [0.15, 0.2) is 0 Å². The number of hydrogen-bond donors (Lipinski definition) is 0. The van der Waals surface area contributed by atoms with Crippen molar-refractivity contribution in [3.63, 3.8) is 0 Å². The van der Waals surface area contributed by atoms with Crippen LogP contribution in [0.5, 0.6) is 0 Å². The van der Waals surface area contributed by atoms with E-state index in [1.165, 1.54) is 167 Å². The Morgan fingerprint density at radius 2 is 0.646 bits per heavy atom. The first-order valence-corrected chi connectivity index (χ1v) is 42.6. The van der Waals surface area contributed by atoms with Gasteiger partial charge in [0.05, 0.1) is 0 Å². The Bertz CT molecular complexity index is 1010. The minimum absolute atomic E-state index is 1.27. The molecule has 0 fully saturated rings. The third kappa shape index (κ3) is 20.1. The quantitative estimate of drug-likeness (QED) is 0.0541. The van der Waals surface area contributed by atoms with Crippen LogP contribution < -0.4 is 5.79 Å². The Hall–Kier alpha value is 0.737. The molecule has 0 saturated carbocycles. The summed E-state index contributed by atoms with van der Waals surface area (Å²) in [6.45, 7) is 4.63. The van der Waals surface area contributed by atoms with Gasteiger partial charge in [-0.3, -0.25) is 0 Å². The smallest absolute Gasteiger partial charge is 0.0654 e. The molecule has 0 N–H and O–H groups in total. The molecule has 4 heteroatoms. The Labute approximate surface area is 317 Å². The van der Waals surface area contributed by atoms with E-state index in [2.05, 4.69) is 90.4 Å². The van der Waals surface area contributed by atoms with Gasteiger partial charge in [0, 0.05) is 0 Å². The fourth-order valence-electron chi connectivity index (χ4n) is 6.76. The Morgan fingerprint density at radius 3 is 0.896 bits per heavy atom. The fraction of sp³-hybridized carbons (Fsp3) is 0.773. The van der Waals surface area contributed by atoms with Gasteiger partial charge in [0.25, 0.3) is 0 Å². The first-order chi connectivity index (χ1) is 23.1. The summed E-state index contributed by atoms with van der Waals surface area (Å²) in [5, 5.41) is 0. The van der Waals surface area contributed by atoms with Crippen LogP contribution in [0, 0.1) is 0 Å². The standard InChI is InChI=1S/C38H62S2.6CH3.2Sn/c1-3-5-7-9-11-13-15-17-19-21-23-25-27-35-31-33-39-37(35)29-30-38-36(32-34-40-38)28-26-24-22-20-18-16-14-12-10-8-6-4-2;;;;;;;;/h29-32H,3-28H2,1-2H3;6*1H3;;/b30-29+;;;;;;;;. The summed E-state index contributed by atoms with van der Waals surface area (Å²) >= 11 is 0.0930. The van der Waals surface area contributed by atoms with Crippen LogP contribution in [0.25, 0.3) is 12.2 Å². The van der Waals surface area contributed by atoms with E-state index < -0.39 is 36.8 Å². The van der Waals surface area contributed by atoms with E-state index >= 15 is 0 Å². The summed E-state index contributed by atoms with van der Waals surface area (Å²) in [7, 11) is 0. The van der Waals surface area contributed by atoms with E-state index in [1.54, 1.807) is 26.7 Å². The van der Waals surface area contributed by atoms with Crippen molar-refractivity contribution in [3.8, 4) is 0 Å². The van der Waals surface area contributed by atoms with Crippen LogP contribution in [-0.2, 0) is 12.8 Å². The molecule has 276 valence electrons. The van der Waals surface area contributed by atoms with Crippen LogP contribution in [0.3, 0.4) is 0 Å². The Kier molecular flexibility index (Phi) is 24.8. The molecule has 0 aliphatic carbocycles. The molecule has 0 nitrogen and oxygen atoms in total. The zero-order chi connectivity index (χ0) is 35.1. The average molecular weight is 911 g/mol.